The second-order valence-electron chi connectivity index (χ2n) is 4.26. The van der Waals surface area contributed by atoms with E-state index in [1.807, 2.05) is 0 Å². The smallest absolute Gasteiger partial charge is 0.211 e. The first-order valence-corrected chi connectivity index (χ1v) is 7.37. The summed E-state index contributed by atoms with van der Waals surface area (Å²) in [6.07, 6.45) is 5.76. The molecular weight excluding hydrogens is 214 g/mol. The van der Waals surface area contributed by atoms with E-state index >= 15 is 0 Å². The Morgan fingerprint density at radius 3 is 2.40 bits per heavy atom. The van der Waals surface area contributed by atoms with Crippen molar-refractivity contribution in [1.29, 1.82) is 0 Å². The van der Waals surface area contributed by atoms with Gasteiger partial charge in [0.2, 0.25) is 10.0 Å². The summed E-state index contributed by atoms with van der Waals surface area (Å²) in [5, 5.41) is 8.55. The fraction of sp³-hybridized carbons (Fsp3) is 1.00. The molecule has 2 N–H and O–H groups in total. The zero-order valence-electron chi connectivity index (χ0n) is 9.11. The van der Waals surface area contributed by atoms with E-state index in [-0.39, 0.29) is 6.61 Å². The monoisotopic (exact) mass is 235 g/mol. The Labute approximate surface area is 92.1 Å². The molecule has 0 heterocycles. The van der Waals surface area contributed by atoms with Crippen molar-refractivity contribution in [3.05, 3.63) is 0 Å². The molecule has 0 aromatic rings. The number of rotatable bonds is 9. The third kappa shape index (κ3) is 6.87. The molecule has 1 aliphatic carbocycles. The van der Waals surface area contributed by atoms with Crippen LogP contribution in [0.4, 0.5) is 0 Å². The summed E-state index contributed by atoms with van der Waals surface area (Å²) in [5.74, 6) is 0.723. The molecule has 0 radical (unpaired) electrons. The van der Waals surface area contributed by atoms with Crippen LogP contribution in [0.3, 0.4) is 0 Å². The number of sulfonamides is 1. The summed E-state index contributed by atoms with van der Waals surface area (Å²) in [5.41, 5.74) is 0. The standard InChI is InChI=1S/C10H21NO3S/c12-8-4-2-1-3-7-11-15(13,14)9-10-5-6-10/h10-12H,1-9H2. The summed E-state index contributed by atoms with van der Waals surface area (Å²) in [6, 6.07) is 0. The molecule has 0 aromatic carbocycles. The van der Waals surface area contributed by atoms with Crippen molar-refractivity contribution >= 4 is 10.0 Å². The lowest BCUT2D eigenvalue weighted by molar-refractivity contribution is 0.282. The Morgan fingerprint density at radius 1 is 1.13 bits per heavy atom. The Bertz CT molecular complexity index is 260. The Balaban J connectivity index is 1.98. The number of hydrogen-bond acceptors (Lipinski definition) is 3. The van der Waals surface area contributed by atoms with E-state index in [9.17, 15) is 8.42 Å². The van der Waals surface area contributed by atoms with Gasteiger partial charge < -0.3 is 5.11 Å². The average Bonchev–Trinajstić information content (AvgIpc) is 2.94. The molecule has 1 aliphatic rings. The van der Waals surface area contributed by atoms with E-state index in [0.717, 1.165) is 38.5 Å². The first kappa shape index (κ1) is 12.9. The van der Waals surface area contributed by atoms with Gasteiger partial charge in [-0.3, -0.25) is 0 Å². The molecule has 0 atom stereocenters. The minimum atomic E-state index is -3.01. The molecule has 5 heteroatoms. The van der Waals surface area contributed by atoms with Gasteiger partial charge in [-0.1, -0.05) is 12.8 Å². The molecule has 1 rings (SSSR count). The molecule has 0 amide bonds. The number of hydrogen-bond donors (Lipinski definition) is 2. The Kier molecular flexibility index (Phi) is 5.56. The molecule has 1 saturated carbocycles. The lowest BCUT2D eigenvalue weighted by Gasteiger charge is -2.05. The van der Waals surface area contributed by atoms with E-state index in [4.69, 9.17) is 5.11 Å². The fourth-order valence-corrected chi connectivity index (χ4v) is 3.00. The van der Waals surface area contributed by atoms with Crippen LogP contribution in [-0.4, -0.2) is 32.4 Å². The molecule has 0 spiro atoms. The van der Waals surface area contributed by atoms with Crippen molar-refractivity contribution in [3.8, 4) is 0 Å². The maximum atomic E-state index is 11.4. The molecule has 0 aromatic heterocycles. The van der Waals surface area contributed by atoms with Crippen LogP contribution in [0.2, 0.25) is 0 Å². The highest BCUT2D eigenvalue weighted by Crippen LogP contribution is 2.29. The highest BCUT2D eigenvalue weighted by molar-refractivity contribution is 7.89. The van der Waals surface area contributed by atoms with Gasteiger partial charge >= 0.3 is 0 Å². The van der Waals surface area contributed by atoms with Gasteiger partial charge in [-0.25, -0.2) is 13.1 Å². The van der Waals surface area contributed by atoms with Gasteiger partial charge in [-0.2, -0.15) is 0 Å². The second kappa shape index (κ2) is 6.45. The van der Waals surface area contributed by atoms with E-state index in [1.54, 1.807) is 0 Å². The lowest BCUT2D eigenvalue weighted by Crippen LogP contribution is -2.28. The maximum absolute atomic E-state index is 11.4. The molecule has 0 unspecified atom stereocenters. The third-order valence-electron chi connectivity index (χ3n) is 2.56. The molecule has 15 heavy (non-hydrogen) atoms. The fourth-order valence-electron chi connectivity index (χ4n) is 1.47. The van der Waals surface area contributed by atoms with Crippen LogP contribution < -0.4 is 4.72 Å². The molecule has 0 saturated heterocycles. The first-order chi connectivity index (χ1) is 7.14. The Morgan fingerprint density at radius 2 is 1.80 bits per heavy atom. The van der Waals surface area contributed by atoms with Crippen LogP contribution in [0, 0.1) is 5.92 Å². The van der Waals surface area contributed by atoms with Crippen LogP contribution in [-0.2, 0) is 10.0 Å². The van der Waals surface area contributed by atoms with Crippen LogP contribution in [0.1, 0.15) is 38.5 Å². The molecule has 1 fully saturated rings. The number of unbranched alkanes of at least 4 members (excludes halogenated alkanes) is 3. The zero-order chi connectivity index (χ0) is 11.1. The highest BCUT2D eigenvalue weighted by atomic mass is 32.2. The quantitative estimate of drug-likeness (QED) is 0.583. The molecule has 0 bridgehead atoms. The minimum Gasteiger partial charge on any atom is -0.396 e. The summed E-state index contributed by atoms with van der Waals surface area (Å²) in [7, 11) is -3.01. The first-order valence-electron chi connectivity index (χ1n) is 5.72. The van der Waals surface area contributed by atoms with Crippen molar-refractivity contribution in [2.75, 3.05) is 18.9 Å². The Hall–Kier alpha value is -0.130. The van der Waals surface area contributed by atoms with Gasteiger partial charge in [0.25, 0.3) is 0 Å². The van der Waals surface area contributed by atoms with Crippen LogP contribution in [0.5, 0.6) is 0 Å². The topological polar surface area (TPSA) is 66.4 Å². The number of aliphatic hydroxyl groups is 1. The normalized spacial score (nSPS) is 16.9. The van der Waals surface area contributed by atoms with Gasteiger partial charge in [0.05, 0.1) is 5.75 Å². The van der Waals surface area contributed by atoms with Crippen molar-refractivity contribution < 1.29 is 13.5 Å². The van der Waals surface area contributed by atoms with Gasteiger partial charge in [0.1, 0.15) is 0 Å². The number of aliphatic hydroxyl groups excluding tert-OH is 1. The molecular formula is C10H21NO3S. The second-order valence-corrected chi connectivity index (χ2v) is 6.11. The van der Waals surface area contributed by atoms with Gasteiger partial charge in [0, 0.05) is 13.2 Å². The maximum Gasteiger partial charge on any atom is 0.211 e. The van der Waals surface area contributed by atoms with Gasteiger partial charge in [-0.05, 0) is 31.6 Å². The molecule has 90 valence electrons. The molecule has 0 aliphatic heterocycles. The van der Waals surface area contributed by atoms with Gasteiger partial charge in [0.15, 0.2) is 0 Å². The summed E-state index contributed by atoms with van der Waals surface area (Å²) >= 11 is 0. The lowest BCUT2D eigenvalue weighted by atomic mass is 10.2. The van der Waals surface area contributed by atoms with Crippen LogP contribution >= 0.6 is 0 Å². The van der Waals surface area contributed by atoms with E-state index in [2.05, 4.69) is 4.72 Å². The zero-order valence-corrected chi connectivity index (χ0v) is 9.93. The van der Waals surface area contributed by atoms with Crippen LogP contribution in [0.25, 0.3) is 0 Å². The van der Waals surface area contributed by atoms with E-state index in [1.165, 1.54) is 0 Å². The SMILES string of the molecule is O=S(=O)(CC1CC1)NCCCCCCO. The third-order valence-corrected chi connectivity index (χ3v) is 4.11. The van der Waals surface area contributed by atoms with Gasteiger partial charge in [-0.15, -0.1) is 0 Å². The predicted octanol–water partition coefficient (Wildman–Crippen LogP) is 0.868. The highest BCUT2D eigenvalue weighted by Gasteiger charge is 2.27. The van der Waals surface area contributed by atoms with Crippen molar-refractivity contribution in [3.63, 3.8) is 0 Å². The summed E-state index contributed by atoms with van der Waals surface area (Å²) in [4.78, 5) is 0. The van der Waals surface area contributed by atoms with E-state index in [0.29, 0.717) is 18.2 Å². The van der Waals surface area contributed by atoms with Crippen molar-refractivity contribution in [2.45, 2.75) is 38.5 Å². The summed E-state index contributed by atoms with van der Waals surface area (Å²) in [6.45, 7) is 0.772. The minimum absolute atomic E-state index is 0.230. The predicted molar refractivity (Wildman–Crippen MR) is 60.1 cm³/mol. The largest absolute Gasteiger partial charge is 0.396 e. The number of nitrogens with one attached hydrogen (secondary N) is 1. The van der Waals surface area contributed by atoms with Crippen LogP contribution in [0.15, 0.2) is 0 Å². The average molecular weight is 235 g/mol. The summed E-state index contributed by atoms with van der Waals surface area (Å²) < 4.78 is 25.5. The molecule has 4 nitrogen and oxygen atoms in total. The van der Waals surface area contributed by atoms with E-state index < -0.39 is 10.0 Å². The van der Waals surface area contributed by atoms with Crippen molar-refractivity contribution in [2.24, 2.45) is 5.92 Å². The van der Waals surface area contributed by atoms with Crippen molar-refractivity contribution in [1.82, 2.24) is 4.72 Å².